The molecular weight excluding hydrogens is 168 g/mol. The van der Waals surface area contributed by atoms with Crippen molar-refractivity contribution in [1.82, 2.24) is 0 Å². The fourth-order valence-electron chi connectivity index (χ4n) is 1.60. The Morgan fingerprint density at radius 3 is 2.93 bits per heavy atom. The Balaban J connectivity index is 2.64. The summed E-state index contributed by atoms with van der Waals surface area (Å²) in [6, 6.07) is 0. The molecule has 1 rings (SSSR count). The number of rotatable bonds is 4. The fraction of sp³-hybridized carbons (Fsp3) is 0.429. The third-order valence-electron chi connectivity index (χ3n) is 2.71. The molecule has 0 N–H and O–H groups in total. The molecule has 0 heterocycles. The first-order valence-electron chi connectivity index (χ1n) is 5.41. The molecule has 1 unspecified atom stereocenters. The predicted molar refractivity (Wildman–Crippen MR) is 64.2 cm³/mol. The van der Waals surface area contributed by atoms with Gasteiger partial charge in [-0.1, -0.05) is 42.9 Å². The van der Waals surface area contributed by atoms with E-state index in [0.29, 0.717) is 5.92 Å². The van der Waals surface area contributed by atoms with Crippen molar-refractivity contribution in [3.8, 4) is 0 Å². The minimum absolute atomic E-state index is 0.623. The van der Waals surface area contributed by atoms with Gasteiger partial charge in [-0.15, -0.1) is 6.58 Å². The third kappa shape index (κ3) is 3.37. The van der Waals surface area contributed by atoms with Crippen molar-refractivity contribution >= 4 is 0 Å². The highest BCUT2D eigenvalue weighted by molar-refractivity contribution is 5.30. The van der Waals surface area contributed by atoms with Crippen molar-refractivity contribution in [2.45, 2.75) is 33.1 Å². The van der Waals surface area contributed by atoms with Crippen LogP contribution in [-0.4, -0.2) is 0 Å². The van der Waals surface area contributed by atoms with Crippen molar-refractivity contribution < 1.29 is 0 Å². The van der Waals surface area contributed by atoms with Crippen LogP contribution >= 0.6 is 0 Å². The summed E-state index contributed by atoms with van der Waals surface area (Å²) in [6.45, 7) is 8.26. The van der Waals surface area contributed by atoms with E-state index in [0.717, 1.165) is 12.8 Å². The molecule has 0 radical (unpaired) electrons. The molecule has 0 amide bonds. The van der Waals surface area contributed by atoms with Crippen molar-refractivity contribution in [3.63, 3.8) is 0 Å². The van der Waals surface area contributed by atoms with E-state index in [1.807, 2.05) is 0 Å². The maximum absolute atomic E-state index is 3.87. The molecule has 0 bridgehead atoms. The third-order valence-corrected chi connectivity index (χ3v) is 2.71. The quantitative estimate of drug-likeness (QED) is 0.573. The molecule has 0 heteroatoms. The monoisotopic (exact) mass is 188 g/mol. The second-order valence-corrected chi connectivity index (χ2v) is 3.97. The fourth-order valence-corrected chi connectivity index (χ4v) is 1.60. The van der Waals surface area contributed by atoms with Gasteiger partial charge in [0, 0.05) is 0 Å². The van der Waals surface area contributed by atoms with E-state index in [9.17, 15) is 0 Å². The Morgan fingerprint density at radius 2 is 2.29 bits per heavy atom. The Morgan fingerprint density at radius 1 is 1.50 bits per heavy atom. The molecule has 14 heavy (non-hydrogen) atoms. The summed E-state index contributed by atoms with van der Waals surface area (Å²) in [5.74, 6) is 0.623. The summed E-state index contributed by atoms with van der Waals surface area (Å²) in [4.78, 5) is 0. The maximum atomic E-state index is 3.87. The summed E-state index contributed by atoms with van der Waals surface area (Å²) in [5.41, 5.74) is 2.86. The maximum Gasteiger partial charge on any atom is -0.0135 e. The first kappa shape index (κ1) is 11.0. The highest BCUT2D eigenvalue weighted by atomic mass is 14.1. The van der Waals surface area contributed by atoms with Crippen molar-refractivity contribution in [3.05, 3.63) is 48.1 Å². The van der Waals surface area contributed by atoms with Crippen LogP contribution in [0, 0.1) is 5.92 Å². The van der Waals surface area contributed by atoms with Gasteiger partial charge in [0.25, 0.3) is 0 Å². The first-order chi connectivity index (χ1) is 6.76. The molecule has 0 aromatic rings. The molecule has 0 aliphatic heterocycles. The minimum Gasteiger partial charge on any atom is -0.103 e. The Bertz CT molecular complexity index is 276. The van der Waals surface area contributed by atoms with Crippen LogP contribution < -0.4 is 0 Å². The molecule has 76 valence electrons. The van der Waals surface area contributed by atoms with Crippen LogP contribution in [-0.2, 0) is 0 Å². The topological polar surface area (TPSA) is 0 Å². The van der Waals surface area contributed by atoms with E-state index in [1.165, 1.54) is 17.6 Å². The standard InChI is InChI=1S/C14H20/c1-4-13(5-2)11-14-8-6-7-12(3)9-10-14/h4,6,8-10,13H,1,5,7,11H2,2-3H3. The van der Waals surface area contributed by atoms with Gasteiger partial charge in [-0.05, 0) is 37.7 Å². The van der Waals surface area contributed by atoms with Crippen molar-refractivity contribution in [2.24, 2.45) is 5.92 Å². The lowest BCUT2D eigenvalue weighted by molar-refractivity contribution is 0.628. The molecule has 0 saturated carbocycles. The smallest absolute Gasteiger partial charge is 0.0135 e. The van der Waals surface area contributed by atoms with Crippen LogP contribution in [0.1, 0.15) is 33.1 Å². The summed E-state index contributed by atoms with van der Waals surface area (Å²) in [5, 5.41) is 0. The molecule has 0 fully saturated rings. The molecule has 0 nitrogen and oxygen atoms in total. The van der Waals surface area contributed by atoms with Gasteiger partial charge in [0.2, 0.25) is 0 Å². The number of hydrogen-bond donors (Lipinski definition) is 0. The van der Waals surface area contributed by atoms with Gasteiger partial charge in [-0.2, -0.15) is 0 Å². The van der Waals surface area contributed by atoms with E-state index in [4.69, 9.17) is 0 Å². The zero-order valence-electron chi connectivity index (χ0n) is 9.29. The Kier molecular flexibility index (Phi) is 4.45. The second-order valence-electron chi connectivity index (χ2n) is 3.97. The highest BCUT2D eigenvalue weighted by Crippen LogP contribution is 2.20. The summed E-state index contributed by atoms with van der Waals surface area (Å²) in [7, 11) is 0. The average molecular weight is 188 g/mol. The minimum atomic E-state index is 0.623. The van der Waals surface area contributed by atoms with Gasteiger partial charge in [-0.25, -0.2) is 0 Å². The number of allylic oxidation sites excluding steroid dienone is 7. The predicted octanol–water partition coefficient (Wildman–Crippen LogP) is 4.42. The lowest BCUT2D eigenvalue weighted by Crippen LogP contribution is -1.94. The average Bonchev–Trinajstić information content (AvgIpc) is 2.40. The van der Waals surface area contributed by atoms with Crippen molar-refractivity contribution in [1.29, 1.82) is 0 Å². The summed E-state index contributed by atoms with van der Waals surface area (Å²) in [6.07, 6.45) is 14.4. The summed E-state index contributed by atoms with van der Waals surface area (Å²) >= 11 is 0. The molecule has 1 aliphatic carbocycles. The van der Waals surface area contributed by atoms with Gasteiger partial charge in [0.05, 0.1) is 0 Å². The first-order valence-corrected chi connectivity index (χ1v) is 5.41. The molecule has 0 spiro atoms. The van der Waals surface area contributed by atoms with Gasteiger partial charge in [-0.3, -0.25) is 0 Å². The highest BCUT2D eigenvalue weighted by Gasteiger charge is 2.03. The molecule has 1 aliphatic rings. The van der Waals surface area contributed by atoms with Crippen LogP contribution in [0.2, 0.25) is 0 Å². The van der Waals surface area contributed by atoms with Gasteiger partial charge in [0.1, 0.15) is 0 Å². The van der Waals surface area contributed by atoms with Crippen LogP contribution in [0.5, 0.6) is 0 Å². The molecule has 1 atom stereocenters. The van der Waals surface area contributed by atoms with E-state index >= 15 is 0 Å². The number of hydrogen-bond acceptors (Lipinski definition) is 0. The molecule has 0 aromatic heterocycles. The van der Waals surface area contributed by atoms with Crippen LogP contribution in [0.4, 0.5) is 0 Å². The Labute approximate surface area is 87.7 Å². The zero-order valence-corrected chi connectivity index (χ0v) is 9.29. The van der Waals surface area contributed by atoms with Gasteiger partial charge >= 0.3 is 0 Å². The molecular formula is C14H20. The lowest BCUT2D eigenvalue weighted by atomic mass is 9.96. The van der Waals surface area contributed by atoms with Crippen molar-refractivity contribution in [2.75, 3.05) is 0 Å². The largest absolute Gasteiger partial charge is 0.103 e. The summed E-state index contributed by atoms with van der Waals surface area (Å²) < 4.78 is 0. The van der Waals surface area contributed by atoms with E-state index in [2.05, 4.69) is 50.8 Å². The molecule has 0 saturated heterocycles. The molecule has 0 aromatic carbocycles. The zero-order chi connectivity index (χ0) is 10.4. The van der Waals surface area contributed by atoms with E-state index < -0.39 is 0 Å². The van der Waals surface area contributed by atoms with Gasteiger partial charge in [0.15, 0.2) is 0 Å². The van der Waals surface area contributed by atoms with Gasteiger partial charge < -0.3 is 0 Å². The van der Waals surface area contributed by atoms with E-state index in [1.54, 1.807) is 0 Å². The lowest BCUT2D eigenvalue weighted by Gasteiger charge is -2.09. The Hall–Kier alpha value is -1.04. The van der Waals surface area contributed by atoms with Crippen LogP contribution in [0.25, 0.3) is 0 Å². The van der Waals surface area contributed by atoms with Crippen LogP contribution in [0.3, 0.4) is 0 Å². The SMILES string of the molecule is C=CC(CC)CC1=CC=C(C)CC=C1. The normalized spacial score (nSPS) is 18.1. The van der Waals surface area contributed by atoms with Crippen LogP contribution in [0.15, 0.2) is 48.1 Å². The second kappa shape index (κ2) is 5.64. The van der Waals surface area contributed by atoms with E-state index in [-0.39, 0.29) is 0 Å².